The van der Waals surface area contributed by atoms with Gasteiger partial charge in [0.2, 0.25) is 5.82 Å². The molecule has 0 aliphatic rings. The van der Waals surface area contributed by atoms with Crippen molar-refractivity contribution in [3.05, 3.63) is 60.6 Å². The Morgan fingerprint density at radius 3 is 2.21 bits per heavy atom. The molecule has 0 saturated carbocycles. The Bertz CT molecular complexity index is 1130. The third kappa shape index (κ3) is 3.40. The summed E-state index contributed by atoms with van der Waals surface area (Å²) < 4.78 is 42.3. The summed E-state index contributed by atoms with van der Waals surface area (Å²) >= 11 is 0. The Morgan fingerprint density at radius 1 is 0.893 bits per heavy atom. The van der Waals surface area contributed by atoms with Crippen molar-refractivity contribution in [2.24, 2.45) is 0 Å². The minimum Gasteiger partial charge on any atom is -0.378 e. The second kappa shape index (κ2) is 6.63. The Balaban J connectivity index is 1.72. The van der Waals surface area contributed by atoms with E-state index in [-0.39, 0.29) is 5.82 Å². The van der Waals surface area contributed by atoms with Gasteiger partial charge >= 0.3 is 12.1 Å². The van der Waals surface area contributed by atoms with Gasteiger partial charge in [-0.05, 0) is 41.5 Å². The maximum absolute atomic E-state index is 12.7. The quantitative estimate of drug-likeness (QED) is 0.496. The van der Waals surface area contributed by atoms with Gasteiger partial charge in [-0.25, -0.2) is 0 Å². The highest BCUT2D eigenvalue weighted by atomic mass is 19.4. The first-order valence-corrected chi connectivity index (χ1v) is 8.40. The van der Waals surface area contributed by atoms with E-state index in [1.807, 2.05) is 61.5 Å². The predicted octanol–water partition coefficient (Wildman–Crippen LogP) is 5.04. The summed E-state index contributed by atoms with van der Waals surface area (Å²) in [7, 11) is 3.95. The standard InChI is InChI=1S/C20H15F3N4O/c1-27(2)16-6-3-12(4-7-16)13-5-8-17-14(9-13)10-15(11-24-17)18-25-19(28-26-18)20(21,22)23/h3-11H,1-2H3. The first kappa shape index (κ1) is 18.0. The average molecular weight is 384 g/mol. The molecule has 0 aliphatic heterocycles. The van der Waals surface area contributed by atoms with Gasteiger partial charge in [0.15, 0.2) is 0 Å². The topological polar surface area (TPSA) is 55.1 Å². The molecule has 4 aromatic rings. The van der Waals surface area contributed by atoms with Crippen molar-refractivity contribution < 1.29 is 17.7 Å². The molecule has 0 radical (unpaired) electrons. The molecule has 0 fully saturated rings. The lowest BCUT2D eigenvalue weighted by Crippen LogP contribution is -2.07. The van der Waals surface area contributed by atoms with Crippen molar-refractivity contribution in [2.45, 2.75) is 6.18 Å². The molecular weight excluding hydrogens is 369 g/mol. The van der Waals surface area contributed by atoms with Crippen LogP contribution in [0.1, 0.15) is 5.89 Å². The lowest BCUT2D eigenvalue weighted by molar-refractivity contribution is -0.159. The van der Waals surface area contributed by atoms with Crippen molar-refractivity contribution in [1.82, 2.24) is 15.1 Å². The third-order valence-corrected chi connectivity index (χ3v) is 4.33. The summed E-state index contributed by atoms with van der Waals surface area (Å²) in [5, 5.41) is 4.18. The van der Waals surface area contributed by atoms with Crippen molar-refractivity contribution in [2.75, 3.05) is 19.0 Å². The molecule has 0 unspecified atom stereocenters. The van der Waals surface area contributed by atoms with E-state index in [1.165, 1.54) is 6.20 Å². The van der Waals surface area contributed by atoms with E-state index in [0.717, 1.165) is 27.7 Å². The van der Waals surface area contributed by atoms with E-state index in [0.29, 0.717) is 5.56 Å². The fourth-order valence-electron chi connectivity index (χ4n) is 2.84. The normalized spacial score (nSPS) is 11.8. The van der Waals surface area contributed by atoms with Crippen molar-refractivity contribution >= 4 is 16.6 Å². The molecule has 2 heterocycles. The molecule has 0 bridgehead atoms. The molecular formula is C20H15F3N4O. The van der Waals surface area contributed by atoms with Crippen LogP contribution in [-0.2, 0) is 6.18 Å². The van der Waals surface area contributed by atoms with Gasteiger partial charge < -0.3 is 9.42 Å². The van der Waals surface area contributed by atoms with Crippen LogP contribution in [0.4, 0.5) is 18.9 Å². The molecule has 2 aromatic heterocycles. The SMILES string of the molecule is CN(C)c1ccc(-c2ccc3ncc(-c4noc(C(F)(F)F)n4)cc3c2)cc1. The zero-order valence-electron chi connectivity index (χ0n) is 15.0. The molecule has 28 heavy (non-hydrogen) atoms. The molecule has 0 N–H and O–H groups in total. The second-order valence-corrected chi connectivity index (χ2v) is 6.49. The maximum Gasteiger partial charge on any atom is 0.471 e. The van der Waals surface area contributed by atoms with Crippen LogP contribution in [0, 0.1) is 0 Å². The van der Waals surface area contributed by atoms with E-state index in [9.17, 15) is 13.2 Å². The molecule has 2 aromatic carbocycles. The number of anilines is 1. The van der Waals surface area contributed by atoms with E-state index < -0.39 is 12.1 Å². The van der Waals surface area contributed by atoms with Crippen molar-refractivity contribution in [3.8, 4) is 22.5 Å². The summed E-state index contributed by atoms with van der Waals surface area (Å²) in [6, 6.07) is 15.5. The number of hydrogen-bond donors (Lipinski definition) is 0. The largest absolute Gasteiger partial charge is 0.471 e. The average Bonchev–Trinajstić information content (AvgIpc) is 3.18. The Labute approximate surface area is 158 Å². The minimum atomic E-state index is -4.68. The summed E-state index contributed by atoms with van der Waals surface area (Å²) in [5.41, 5.74) is 4.16. The Hall–Kier alpha value is -3.42. The zero-order chi connectivity index (χ0) is 19.9. The fraction of sp³-hybridized carbons (Fsp3) is 0.150. The van der Waals surface area contributed by atoms with Gasteiger partial charge in [0, 0.05) is 36.9 Å². The fourth-order valence-corrected chi connectivity index (χ4v) is 2.84. The molecule has 8 heteroatoms. The molecule has 0 spiro atoms. The third-order valence-electron chi connectivity index (χ3n) is 4.33. The van der Waals surface area contributed by atoms with Gasteiger partial charge in [0.1, 0.15) is 0 Å². The lowest BCUT2D eigenvalue weighted by atomic mass is 10.0. The monoisotopic (exact) mass is 384 g/mol. The number of hydrogen-bond acceptors (Lipinski definition) is 5. The first-order chi connectivity index (χ1) is 13.3. The van der Waals surface area contributed by atoms with Crippen LogP contribution in [0.15, 0.2) is 59.3 Å². The number of halogens is 3. The molecule has 0 aliphatic carbocycles. The van der Waals surface area contributed by atoms with Crippen LogP contribution in [-0.4, -0.2) is 29.2 Å². The van der Waals surface area contributed by atoms with E-state index >= 15 is 0 Å². The van der Waals surface area contributed by atoms with Crippen LogP contribution in [0.5, 0.6) is 0 Å². The van der Waals surface area contributed by atoms with Crippen molar-refractivity contribution in [3.63, 3.8) is 0 Å². The van der Waals surface area contributed by atoms with Crippen LogP contribution in [0.3, 0.4) is 0 Å². The summed E-state index contributed by atoms with van der Waals surface area (Å²) in [4.78, 5) is 9.72. The summed E-state index contributed by atoms with van der Waals surface area (Å²) in [6.45, 7) is 0. The van der Waals surface area contributed by atoms with Gasteiger partial charge in [-0.15, -0.1) is 0 Å². The number of aromatic nitrogens is 3. The number of benzene rings is 2. The van der Waals surface area contributed by atoms with Gasteiger partial charge in [0.25, 0.3) is 0 Å². The highest BCUT2D eigenvalue weighted by Crippen LogP contribution is 2.31. The molecule has 5 nitrogen and oxygen atoms in total. The van der Waals surface area contributed by atoms with Crippen LogP contribution < -0.4 is 4.90 Å². The van der Waals surface area contributed by atoms with Gasteiger partial charge in [0.05, 0.1) is 5.52 Å². The van der Waals surface area contributed by atoms with E-state index in [1.54, 1.807) is 6.07 Å². The van der Waals surface area contributed by atoms with Crippen LogP contribution >= 0.6 is 0 Å². The summed E-state index contributed by atoms with van der Waals surface area (Å²) in [6.07, 6.45) is -3.25. The van der Waals surface area contributed by atoms with Crippen LogP contribution in [0.2, 0.25) is 0 Å². The smallest absolute Gasteiger partial charge is 0.378 e. The minimum absolute atomic E-state index is 0.150. The molecule has 0 saturated heterocycles. The van der Waals surface area contributed by atoms with E-state index in [2.05, 4.69) is 19.6 Å². The maximum atomic E-state index is 12.7. The first-order valence-electron chi connectivity index (χ1n) is 8.40. The lowest BCUT2D eigenvalue weighted by Gasteiger charge is -2.13. The highest BCUT2D eigenvalue weighted by molar-refractivity contribution is 5.87. The van der Waals surface area contributed by atoms with Crippen molar-refractivity contribution in [1.29, 1.82) is 0 Å². The van der Waals surface area contributed by atoms with Gasteiger partial charge in [-0.2, -0.15) is 18.2 Å². The number of rotatable bonds is 3. The number of fused-ring (bicyclic) bond motifs is 1. The van der Waals surface area contributed by atoms with Gasteiger partial charge in [-0.1, -0.05) is 23.4 Å². The second-order valence-electron chi connectivity index (χ2n) is 6.49. The number of nitrogens with zero attached hydrogens (tertiary/aromatic N) is 4. The zero-order valence-corrected chi connectivity index (χ0v) is 15.0. The molecule has 4 rings (SSSR count). The molecule has 142 valence electrons. The highest BCUT2D eigenvalue weighted by Gasteiger charge is 2.38. The Kier molecular flexibility index (Phi) is 4.26. The molecule has 0 amide bonds. The number of pyridine rings is 1. The summed E-state index contributed by atoms with van der Waals surface area (Å²) in [5.74, 6) is -1.53. The number of alkyl halides is 3. The Morgan fingerprint density at radius 2 is 1.57 bits per heavy atom. The molecule has 0 atom stereocenters. The predicted molar refractivity (Wildman–Crippen MR) is 99.8 cm³/mol. The van der Waals surface area contributed by atoms with Gasteiger partial charge in [-0.3, -0.25) is 4.98 Å². The van der Waals surface area contributed by atoms with Crippen LogP contribution in [0.25, 0.3) is 33.4 Å². The van der Waals surface area contributed by atoms with E-state index in [4.69, 9.17) is 0 Å².